The van der Waals surface area contributed by atoms with Crippen molar-refractivity contribution in [2.24, 2.45) is 30.7 Å². The van der Waals surface area contributed by atoms with Gasteiger partial charge in [-0.25, -0.2) is 0 Å². The van der Waals surface area contributed by atoms with E-state index in [4.69, 9.17) is 0 Å². The normalized spacial score (nSPS) is 34.6. The molecular weight excluding hydrogens is 316 g/mol. The summed E-state index contributed by atoms with van der Waals surface area (Å²) in [4.78, 5) is 12.9. The van der Waals surface area contributed by atoms with Gasteiger partial charge in [0.25, 0.3) is 5.91 Å². The number of aliphatic hydroxyl groups excluding tert-OH is 1. The zero-order chi connectivity index (χ0) is 17.6. The molecule has 0 radical (unpaired) electrons. The molecule has 25 heavy (non-hydrogen) atoms. The average Bonchev–Trinajstić information content (AvgIpc) is 3.05. The molecule has 6 atom stereocenters. The van der Waals surface area contributed by atoms with Crippen LogP contribution in [0.25, 0.3) is 0 Å². The van der Waals surface area contributed by atoms with Gasteiger partial charge in [-0.05, 0) is 69.1 Å². The van der Waals surface area contributed by atoms with Crippen LogP contribution in [-0.4, -0.2) is 39.5 Å². The highest BCUT2D eigenvalue weighted by molar-refractivity contribution is 5.98. The first-order valence-corrected chi connectivity index (χ1v) is 9.76. The predicted molar refractivity (Wildman–Crippen MR) is 96.3 cm³/mol. The number of hydrogen-bond donors (Lipinski definition) is 3. The second kappa shape index (κ2) is 6.63. The maximum absolute atomic E-state index is 12.9. The van der Waals surface area contributed by atoms with E-state index in [1.165, 1.54) is 32.1 Å². The minimum Gasteiger partial charge on any atom is -0.392 e. The first-order valence-electron chi connectivity index (χ1n) is 9.76. The van der Waals surface area contributed by atoms with Gasteiger partial charge in [0.05, 0.1) is 12.3 Å². The summed E-state index contributed by atoms with van der Waals surface area (Å²) in [6, 6.07) is 0.303. The van der Waals surface area contributed by atoms with E-state index < -0.39 is 6.10 Å². The van der Waals surface area contributed by atoms with E-state index in [-0.39, 0.29) is 5.91 Å². The number of aliphatic hydroxyl groups is 1. The topological polar surface area (TPSA) is 79.2 Å². The van der Waals surface area contributed by atoms with Gasteiger partial charge >= 0.3 is 0 Å². The van der Waals surface area contributed by atoms with Gasteiger partial charge in [-0.15, -0.1) is 0 Å². The molecule has 3 aliphatic carbocycles. The van der Waals surface area contributed by atoms with Crippen LogP contribution in [0.5, 0.6) is 0 Å². The molecule has 1 aromatic heterocycles. The number of hydrogen-bond acceptors (Lipinski definition) is 4. The maximum atomic E-state index is 12.9. The number of rotatable bonds is 5. The zero-order valence-electron chi connectivity index (χ0n) is 15.2. The molecule has 1 aromatic rings. The molecule has 3 aliphatic rings. The Labute approximate surface area is 149 Å². The van der Waals surface area contributed by atoms with E-state index in [1.54, 1.807) is 17.8 Å². The van der Waals surface area contributed by atoms with Gasteiger partial charge in [0.1, 0.15) is 11.4 Å². The van der Waals surface area contributed by atoms with Crippen LogP contribution < -0.4 is 10.6 Å². The summed E-state index contributed by atoms with van der Waals surface area (Å²) >= 11 is 0. The van der Waals surface area contributed by atoms with E-state index >= 15 is 0 Å². The monoisotopic (exact) mass is 346 g/mol. The van der Waals surface area contributed by atoms with Crippen molar-refractivity contribution in [2.75, 3.05) is 11.9 Å². The molecule has 0 aliphatic heterocycles. The van der Waals surface area contributed by atoms with Crippen LogP contribution in [-0.2, 0) is 7.05 Å². The lowest BCUT2D eigenvalue weighted by atomic mass is 9.80. The second-order valence-corrected chi connectivity index (χ2v) is 8.52. The number of carbonyl (C=O) groups is 1. The number of nitrogens with one attached hydrogen (secondary N) is 2. The third-order valence-electron chi connectivity index (χ3n) is 6.62. The van der Waals surface area contributed by atoms with Crippen LogP contribution in [0.1, 0.15) is 55.8 Å². The first kappa shape index (κ1) is 16.9. The molecule has 138 valence electrons. The lowest BCUT2D eigenvalue weighted by Gasteiger charge is -2.27. The van der Waals surface area contributed by atoms with Crippen molar-refractivity contribution < 1.29 is 9.90 Å². The number of nitrogens with zero attached hydrogens (tertiary/aromatic N) is 2. The Morgan fingerprint density at radius 1 is 1.32 bits per heavy atom. The molecule has 0 saturated heterocycles. The molecule has 0 spiro atoms. The van der Waals surface area contributed by atoms with Gasteiger partial charge in [0, 0.05) is 19.6 Å². The Bertz CT molecular complexity index is 641. The molecule has 6 unspecified atom stereocenters. The molecule has 3 saturated carbocycles. The van der Waals surface area contributed by atoms with Crippen LogP contribution >= 0.6 is 0 Å². The van der Waals surface area contributed by atoms with E-state index in [0.717, 1.165) is 24.2 Å². The van der Waals surface area contributed by atoms with E-state index in [0.29, 0.717) is 29.9 Å². The molecule has 6 heteroatoms. The molecule has 1 heterocycles. The fraction of sp³-hybridized carbons (Fsp3) is 0.789. The van der Waals surface area contributed by atoms with E-state index in [1.807, 2.05) is 7.05 Å². The number of aryl methyl sites for hydroxylation is 1. The van der Waals surface area contributed by atoms with Gasteiger partial charge < -0.3 is 15.7 Å². The summed E-state index contributed by atoms with van der Waals surface area (Å²) in [7, 11) is 1.81. The number of carbonyl (C=O) groups excluding carboxylic acids is 1. The van der Waals surface area contributed by atoms with Gasteiger partial charge in [-0.3, -0.25) is 9.48 Å². The third kappa shape index (κ3) is 3.28. The Kier molecular flexibility index (Phi) is 4.48. The fourth-order valence-electron chi connectivity index (χ4n) is 5.58. The SMILES string of the molecule is CC(O)CNc1c(C(=O)NC2CCC3CC4CC(C3)C2C4)cnn1C. The third-order valence-corrected chi connectivity index (χ3v) is 6.62. The number of anilines is 1. The van der Waals surface area contributed by atoms with Crippen molar-refractivity contribution in [3.63, 3.8) is 0 Å². The van der Waals surface area contributed by atoms with E-state index in [2.05, 4.69) is 15.7 Å². The number of aromatic nitrogens is 2. The van der Waals surface area contributed by atoms with E-state index in [9.17, 15) is 9.90 Å². The Morgan fingerprint density at radius 3 is 2.92 bits per heavy atom. The predicted octanol–water partition coefficient (Wildman–Crippen LogP) is 2.16. The van der Waals surface area contributed by atoms with Gasteiger partial charge in [-0.1, -0.05) is 0 Å². The fourth-order valence-corrected chi connectivity index (χ4v) is 5.58. The molecule has 1 amide bonds. The summed E-state index contributed by atoms with van der Waals surface area (Å²) in [5.74, 6) is 3.91. The molecule has 4 rings (SSSR count). The Balaban J connectivity index is 1.47. The summed E-state index contributed by atoms with van der Waals surface area (Å²) in [6.07, 6.45) is 8.99. The average molecular weight is 346 g/mol. The molecule has 0 aromatic carbocycles. The second-order valence-electron chi connectivity index (χ2n) is 8.52. The largest absolute Gasteiger partial charge is 0.392 e. The van der Waals surface area contributed by atoms with Crippen LogP contribution in [0.2, 0.25) is 0 Å². The zero-order valence-corrected chi connectivity index (χ0v) is 15.2. The summed E-state index contributed by atoms with van der Waals surface area (Å²) < 4.78 is 1.66. The summed E-state index contributed by atoms with van der Waals surface area (Å²) in [5.41, 5.74) is 0.576. The van der Waals surface area contributed by atoms with Crippen molar-refractivity contribution in [3.8, 4) is 0 Å². The smallest absolute Gasteiger partial charge is 0.256 e. The molecule has 6 nitrogen and oxygen atoms in total. The summed E-state index contributed by atoms with van der Waals surface area (Å²) in [5, 5.41) is 20.2. The summed E-state index contributed by atoms with van der Waals surface area (Å²) in [6.45, 7) is 2.12. The van der Waals surface area contributed by atoms with Gasteiger partial charge in [0.15, 0.2) is 0 Å². The van der Waals surface area contributed by atoms with Crippen LogP contribution in [0.4, 0.5) is 5.82 Å². The highest BCUT2D eigenvalue weighted by Crippen LogP contribution is 2.53. The minimum absolute atomic E-state index is 0.0348. The molecule has 3 fully saturated rings. The first-order chi connectivity index (χ1) is 12.0. The van der Waals surface area contributed by atoms with Crippen molar-refractivity contribution in [1.29, 1.82) is 0 Å². The molecule has 3 bridgehead atoms. The highest BCUT2D eigenvalue weighted by atomic mass is 16.3. The number of amides is 1. The van der Waals surface area contributed by atoms with Crippen molar-refractivity contribution in [2.45, 2.75) is 57.6 Å². The van der Waals surface area contributed by atoms with Crippen LogP contribution in [0.15, 0.2) is 6.20 Å². The molecular formula is C19H30N4O2. The highest BCUT2D eigenvalue weighted by Gasteiger charge is 2.46. The Morgan fingerprint density at radius 2 is 2.12 bits per heavy atom. The van der Waals surface area contributed by atoms with Gasteiger partial charge in [-0.2, -0.15) is 5.10 Å². The van der Waals surface area contributed by atoms with Crippen LogP contribution in [0, 0.1) is 23.7 Å². The van der Waals surface area contributed by atoms with Gasteiger partial charge in [0.2, 0.25) is 0 Å². The number of fused-ring (bicyclic) bond motifs is 2. The van der Waals surface area contributed by atoms with Crippen LogP contribution in [0.3, 0.4) is 0 Å². The van der Waals surface area contributed by atoms with Crippen molar-refractivity contribution >= 4 is 11.7 Å². The lowest BCUT2D eigenvalue weighted by molar-refractivity contribution is 0.0913. The minimum atomic E-state index is -0.473. The van der Waals surface area contributed by atoms with Crippen molar-refractivity contribution in [1.82, 2.24) is 15.1 Å². The maximum Gasteiger partial charge on any atom is 0.256 e. The van der Waals surface area contributed by atoms with Crippen molar-refractivity contribution in [3.05, 3.63) is 11.8 Å². The lowest BCUT2D eigenvalue weighted by Crippen LogP contribution is -2.41. The Hall–Kier alpha value is -1.56. The quantitative estimate of drug-likeness (QED) is 0.763. The molecule has 3 N–H and O–H groups in total. The standard InChI is InChI=1S/C19H30N4O2/c1-11(24)9-20-18-16(10-21-23(18)2)19(25)22-17-4-3-12-5-13-7-14(6-12)15(17)8-13/h10-15,17,20,24H,3-9H2,1-2H3,(H,22,25).